The van der Waals surface area contributed by atoms with Crippen LogP contribution in [0.3, 0.4) is 0 Å². The number of carbonyl (C=O) groups is 2. The zero-order valence-electron chi connectivity index (χ0n) is 18.2. The van der Waals surface area contributed by atoms with Crippen LogP contribution in [0.4, 0.5) is 10.1 Å². The standard InChI is InChI=1S/C26H20BrFN2O3S/c1-2-33-23-15-17(14-22(27)20(23)12-16-7-6-8-18(28)11-16)13-21-24(31)29-26(34)30(25(21)32)19-9-4-3-5-10-19/h3-11,13-15H,2,12H2,1H3,(H,29,31,34)/b21-13-. The molecular formula is C26H20BrFN2O3S. The van der Waals surface area contributed by atoms with Crippen molar-refractivity contribution in [3.8, 4) is 5.75 Å². The Morgan fingerprint density at radius 1 is 1.09 bits per heavy atom. The van der Waals surface area contributed by atoms with Crippen LogP contribution >= 0.6 is 28.1 Å². The van der Waals surface area contributed by atoms with Gasteiger partial charge in [-0.05, 0) is 72.7 Å². The van der Waals surface area contributed by atoms with E-state index in [2.05, 4.69) is 21.2 Å². The number of rotatable bonds is 6. The lowest BCUT2D eigenvalue weighted by molar-refractivity contribution is -0.122. The first-order chi connectivity index (χ1) is 16.4. The van der Waals surface area contributed by atoms with Crippen molar-refractivity contribution in [3.05, 3.63) is 99.3 Å². The molecule has 0 aromatic heterocycles. The number of benzene rings is 3. The Bertz CT molecular complexity index is 1310. The van der Waals surface area contributed by atoms with Crippen LogP contribution in [0, 0.1) is 5.82 Å². The van der Waals surface area contributed by atoms with E-state index in [9.17, 15) is 14.0 Å². The summed E-state index contributed by atoms with van der Waals surface area (Å²) in [6.07, 6.45) is 1.95. The minimum atomic E-state index is -0.569. The number of carbonyl (C=O) groups excluding carboxylic acids is 2. The number of hydrogen-bond acceptors (Lipinski definition) is 4. The number of amides is 2. The van der Waals surface area contributed by atoms with Gasteiger partial charge in [-0.2, -0.15) is 0 Å². The van der Waals surface area contributed by atoms with Gasteiger partial charge in [0.05, 0.1) is 12.3 Å². The molecule has 5 nitrogen and oxygen atoms in total. The van der Waals surface area contributed by atoms with Gasteiger partial charge in [0.15, 0.2) is 5.11 Å². The molecule has 1 fully saturated rings. The quantitative estimate of drug-likeness (QED) is 0.259. The van der Waals surface area contributed by atoms with Gasteiger partial charge in [0.2, 0.25) is 0 Å². The summed E-state index contributed by atoms with van der Waals surface area (Å²) in [4.78, 5) is 27.1. The van der Waals surface area contributed by atoms with Gasteiger partial charge in [-0.15, -0.1) is 0 Å². The minimum Gasteiger partial charge on any atom is -0.494 e. The molecular weight excluding hydrogens is 519 g/mol. The van der Waals surface area contributed by atoms with Crippen LogP contribution in [0.25, 0.3) is 6.08 Å². The molecule has 3 aromatic rings. The Morgan fingerprint density at radius 2 is 1.85 bits per heavy atom. The number of halogens is 2. The maximum absolute atomic E-state index is 13.7. The minimum absolute atomic E-state index is 0.0278. The average molecular weight is 539 g/mol. The zero-order valence-corrected chi connectivity index (χ0v) is 20.6. The molecule has 0 unspecified atom stereocenters. The van der Waals surface area contributed by atoms with Crippen molar-refractivity contribution in [2.45, 2.75) is 13.3 Å². The van der Waals surface area contributed by atoms with Gasteiger partial charge in [0.1, 0.15) is 17.1 Å². The van der Waals surface area contributed by atoms with Crippen molar-refractivity contribution in [2.24, 2.45) is 0 Å². The average Bonchev–Trinajstić information content (AvgIpc) is 2.80. The molecule has 0 radical (unpaired) electrons. The highest BCUT2D eigenvalue weighted by Crippen LogP contribution is 2.33. The van der Waals surface area contributed by atoms with Gasteiger partial charge in [-0.3, -0.25) is 19.8 Å². The fourth-order valence-corrected chi connectivity index (χ4v) is 4.54. The fourth-order valence-electron chi connectivity index (χ4n) is 3.66. The van der Waals surface area contributed by atoms with Crippen molar-refractivity contribution in [2.75, 3.05) is 11.5 Å². The Morgan fingerprint density at radius 3 is 2.56 bits per heavy atom. The summed E-state index contributed by atoms with van der Waals surface area (Å²) in [7, 11) is 0. The second-order valence-electron chi connectivity index (χ2n) is 7.51. The van der Waals surface area contributed by atoms with Gasteiger partial charge in [0, 0.05) is 16.5 Å². The summed E-state index contributed by atoms with van der Waals surface area (Å²) in [5.74, 6) is -0.819. The van der Waals surface area contributed by atoms with E-state index in [-0.39, 0.29) is 16.5 Å². The van der Waals surface area contributed by atoms with Gasteiger partial charge in [-0.25, -0.2) is 4.39 Å². The van der Waals surface area contributed by atoms with Crippen LogP contribution in [0.5, 0.6) is 5.75 Å². The zero-order chi connectivity index (χ0) is 24.2. The molecule has 3 aromatic carbocycles. The van der Waals surface area contributed by atoms with Crippen molar-refractivity contribution in [3.63, 3.8) is 0 Å². The molecule has 4 rings (SSSR count). The second kappa shape index (κ2) is 10.3. The van der Waals surface area contributed by atoms with Crippen molar-refractivity contribution in [1.82, 2.24) is 5.32 Å². The topological polar surface area (TPSA) is 58.6 Å². The molecule has 34 heavy (non-hydrogen) atoms. The number of nitrogens with zero attached hydrogens (tertiary/aromatic N) is 1. The summed E-state index contributed by atoms with van der Waals surface area (Å²) in [5.41, 5.74) is 2.73. The molecule has 1 saturated heterocycles. The number of ether oxygens (including phenoxy) is 1. The molecule has 2 amide bonds. The lowest BCUT2D eigenvalue weighted by atomic mass is 10.0. The molecule has 1 aliphatic heterocycles. The first-order valence-corrected chi connectivity index (χ1v) is 11.7. The van der Waals surface area contributed by atoms with E-state index in [0.29, 0.717) is 34.5 Å². The Labute approximate surface area is 210 Å². The highest BCUT2D eigenvalue weighted by atomic mass is 79.9. The summed E-state index contributed by atoms with van der Waals surface area (Å²) in [6.45, 7) is 2.28. The summed E-state index contributed by atoms with van der Waals surface area (Å²) in [6, 6.07) is 18.8. The second-order valence-corrected chi connectivity index (χ2v) is 8.75. The molecule has 172 valence electrons. The number of anilines is 1. The van der Waals surface area contributed by atoms with Crippen molar-refractivity contribution in [1.29, 1.82) is 0 Å². The number of hydrogen-bond donors (Lipinski definition) is 1. The van der Waals surface area contributed by atoms with Gasteiger partial charge in [-0.1, -0.05) is 46.3 Å². The first kappa shape index (κ1) is 23.8. The van der Waals surface area contributed by atoms with Crippen LogP contribution in [-0.4, -0.2) is 23.5 Å². The van der Waals surface area contributed by atoms with Crippen LogP contribution in [-0.2, 0) is 16.0 Å². The Hall–Kier alpha value is -3.36. The van der Waals surface area contributed by atoms with E-state index < -0.39 is 11.8 Å². The van der Waals surface area contributed by atoms with E-state index in [1.165, 1.54) is 23.1 Å². The predicted octanol–water partition coefficient (Wildman–Crippen LogP) is 5.41. The SMILES string of the molecule is CCOc1cc(/C=C2/C(=O)NC(=S)N(c3ccccc3)C2=O)cc(Br)c1Cc1cccc(F)c1. The van der Waals surface area contributed by atoms with E-state index >= 15 is 0 Å². The van der Waals surface area contributed by atoms with Crippen LogP contribution in [0.15, 0.2) is 76.8 Å². The van der Waals surface area contributed by atoms with Crippen LogP contribution < -0.4 is 15.0 Å². The monoisotopic (exact) mass is 538 g/mol. The van der Waals surface area contributed by atoms with Gasteiger partial charge in [0.25, 0.3) is 11.8 Å². The molecule has 0 saturated carbocycles. The van der Waals surface area contributed by atoms with Gasteiger partial charge < -0.3 is 4.74 Å². The number of nitrogens with one attached hydrogen (secondary N) is 1. The lowest BCUT2D eigenvalue weighted by Gasteiger charge is -2.28. The normalized spacial score (nSPS) is 15.0. The molecule has 1 heterocycles. The Balaban J connectivity index is 1.72. The molecule has 1 N–H and O–H groups in total. The molecule has 1 aliphatic rings. The Kier molecular flexibility index (Phi) is 7.19. The summed E-state index contributed by atoms with van der Waals surface area (Å²) in [5, 5.41) is 2.61. The molecule has 0 aliphatic carbocycles. The highest BCUT2D eigenvalue weighted by Gasteiger charge is 2.34. The summed E-state index contributed by atoms with van der Waals surface area (Å²) < 4.78 is 20.2. The first-order valence-electron chi connectivity index (χ1n) is 10.5. The third-order valence-electron chi connectivity index (χ3n) is 5.17. The van der Waals surface area contributed by atoms with Crippen molar-refractivity contribution >= 4 is 56.8 Å². The van der Waals surface area contributed by atoms with Crippen LogP contribution in [0.2, 0.25) is 0 Å². The number of para-hydroxylation sites is 1. The molecule has 0 atom stereocenters. The predicted molar refractivity (Wildman–Crippen MR) is 137 cm³/mol. The molecule has 0 bridgehead atoms. The van der Waals surface area contributed by atoms with E-state index in [1.807, 2.05) is 19.1 Å². The third kappa shape index (κ3) is 5.08. The number of thiocarbonyl (C=S) groups is 1. The smallest absolute Gasteiger partial charge is 0.270 e. The molecule has 8 heteroatoms. The maximum Gasteiger partial charge on any atom is 0.270 e. The molecule has 0 spiro atoms. The maximum atomic E-state index is 13.7. The summed E-state index contributed by atoms with van der Waals surface area (Å²) >= 11 is 8.81. The van der Waals surface area contributed by atoms with E-state index in [0.717, 1.165) is 11.1 Å². The van der Waals surface area contributed by atoms with Crippen molar-refractivity contribution < 1.29 is 18.7 Å². The highest BCUT2D eigenvalue weighted by molar-refractivity contribution is 9.10. The van der Waals surface area contributed by atoms with E-state index in [4.69, 9.17) is 17.0 Å². The van der Waals surface area contributed by atoms with E-state index in [1.54, 1.807) is 42.5 Å². The van der Waals surface area contributed by atoms with Gasteiger partial charge >= 0.3 is 0 Å². The third-order valence-corrected chi connectivity index (χ3v) is 6.17. The fraction of sp³-hybridized carbons (Fsp3) is 0.115. The largest absolute Gasteiger partial charge is 0.494 e. The van der Waals surface area contributed by atoms with Crippen LogP contribution in [0.1, 0.15) is 23.6 Å². The lowest BCUT2D eigenvalue weighted by Crippen LogP contribution is -2.54.